The number of nitriles is 1. The van der Waals surface area contributed by atoms with E-state index < -0.39 is 0 Å². The van der Waals surface area contributed by atoms with Crippen LogP contribution in [-0.4, -0.2) is 12.1 Å². The number of hydrogen-bond acceptors (Lipinski definition) is 5. The van der Waals surface area contributed by atoms with E-state index in [1.165, 1.54) is 42.5 Å². The van der Waals surface area contributed by atoms with Crippen LogP contribution in [0.5, 0.6) is 0 Å². The maximum atomic E-state index is 11.7. The van der Waals surface area contributed by atoms with E-state index in [2.05, 4.69) is 19.9 Å². The molecule has 3 saturated carbocycles. The van der Waals surface area contributed by atoms with Gasteiger partial charge in [0, 0.05) is 17.2 Å². The molecule has 0 unspecified atom stereocenters. The second-order valence-corrected chi connectivity index (χ2v) is 11.7. The van der Waals surface area contributed by atoms with Gasteiger partial charge in [0.05, 0.1) is 5.56 Å². The third-order valence-corrected chi connectivity index (χ3v) is 10.6. The lowest BCUT2D eigenvalue weighted by Gasteiger charge is -2.60. The quantitative estimate of drug-likeness (QED) is 0.652. The Labute approximate surface area is 177 Å². The number of carbonyl (C=O) groups is 1. The molecule has 0 spiro atoms. The second-order valence-electron chi connectivity index (χ2n) is 10.6. The van der Waals surface area contributed by atoms with Gasteiger partial charge < -0.3 is 10.5 Å². The molecule has 4 aliphatic carbocycles. The number of hydrogen-bond donors (Lipinski definition) is 1. The highest BCUT2D eigenvalue weighted by Gasteiger charge is 2.61. The molecule has 0 saturated heterocycles. The minimum Gasteiger partial charge on any atom is -0.462 e. The van der Waals surface area contributed by atoms with Crippen LogP contribution in [0.3, 0.4) is 0 Å². The van der Waals surface area contributed by atoms with Crippen LogP contribution in [0, 0.1) is 45.8 Å². The molecule has 0 amide bonds. The number of nitrogen functional groups attached to an aromatic ring is 1. The van der Waals surface area contributed by atoms with Gasteiger partial charge in [-0.2, -0.15) is 5.26 Å². The van der Waals surface area contributed by atoms with E-state index in [1.807, 2.05) is 0 Å². The van der Waals surface area contributed by atoms with Gasteiger partial charge in [-0.1, -0.05) is 13.8 Å². The standard InChI is InChI=1S/C24H32N2O2S/c1-13(27)28-21-7-6-18-15-5-4-14-10-16-17(12-25)22(26)29-20(16)11-24(14,3)19(15)8-9-23(18,21)2/h14-15,18-19,21H,4-11,26H2,1-3H3/t14-,15-,18-,19-,21-,23-,24-/m0/s1. The molecule has 0 aromatic carbocycles. The zero-order valence-corrected chi connectivity index (χ0v) is 18.6. The summed E-state index contributed by atoms with van der Waals surface area (Å²) in [6.45, 7) is 6.47. The molecule has 0 aliphatic heterocycles. The molecule has 0 radical (unpaired) electrons. The van der Waals surface area contributed by atoms with Gasteiger partial charge >= 0.3 is 5.97 Å². The number of fused-ring (bicyclic) bond motifs is 6. The van der Waals surface area contributed by atoms with E-state index in [0.717, 1.165) is 36.7 Å². The van der Waals surface area contributed by atoms with Crippen LogP contribution in [0.4, 0.5) is 5.00 Å². The summed E-state index contributed by atoms with van der Waals surface area (Å²) in [4.78, 5) is 13.0. The topological polar surface area (TPSA) is 76.1 Å². The first-order valence-electron chi connectivity index (χ1n) is 11.2. The molecular formula is C24H32N2O2S. The minimum atomic E-state index is -0.127. The molecule has 29 heavy (non-hydrogen) atoms. The van der Waals surface area contributed by atoms with Gasteiger partial charge in [-0.3, -0.25) is 4.79 Å². The average molecular weight is 413 g/mol. The van der Waals surface area contributed by atoms with Crippen molar-refractivity contribution >= 4 is 22.3 Å². The number of rotatable bonds is 1. The van der Waals surface area contributed by atoms with Crippen molar-refractivity contribution in [2.24, 2.45) is 34.5 Å². The average Bonchev–Trinajstić information content (AvgIpc) is 3.14. The Balaban J connectivity index is 1.45. The monoisotopic (exact) mass is 412 g/mol. The first-order chi connectivity index (χ1) is 13.8. The number of anilines is 1. The summed E-state index contributed by atoms with van der Waals surface area (Å²) in [5.74, 6) is 2.68. The normalized spacial score (nSPS) is 42.8. The summed E-state index contributed by atoms with van der Waals surface area (Å²) in [5.41, 5.74) is 8.66. The van der Waals surface area contributed by atoms with Crippen LogP contribution >= 0.6 is 11.3 Å². The SMILES string of the molecule is CC(=O)O[C@H]1CC[C@H]2[C@@H]3CC[C@H]4Cc5c(sc(N)c5C#N)C[C@]4(C)[C@H]3CC[C@]12C. The van der Waals surface area contributed by atoms with Crippen molar-refractivity contribution in [3.05, 3.63) is 16.0 Å². The zero-order chi connectivity index (χ0) is 20.6. The fraction of sp³-hybridized carbons (Fsp3) is 0.750. The summed E-state index contributed by atoms with van der Waals surface area (Å²) in [6, 6.07) is 2.37. The van der Waals surface area contributed by atoms with Crippen LogP contribution in [0.25, 0.3) is 0 Å². The molecule has 4 nitrogen and oxygen atoms in total. The van der Waals surface area contributed by atoms with E-state index in [4.69, 9.17) is 10.5 Å². The lowest BCUT2D eigenvalue weighted by Crippen LogP contribution is -2.54. The maximum Gasteiger partial charge on any atom is 0.302 e. The number of thiophene rings is 1. The van der Waals surface area contributed by atoms with E-state index >= 15 is 0 Å². The highest BCUT2D eigenvalue weighted by atomic mass is 32.1. The largest absolute Gasteiger partial charge is 0.462 e. The predicted molar refractivity (Wildman–Crippen MR) is 114 cm³/mol. The zero-order valence-electron chi connectivity index (χ0n) is 17.8. The lowest BCUT2D eigenvalue weighted by molar-refractivity contribution is -0.160. The van der Waals surface area contributed by atoms with Crippen molar-refractivity contribution in [3.63, 3.8) is 0 Å². The molecule has 3 fully saturated rings. The molecule has 5 rings (SSSR count). The Morgan fingerprint density at radius 2 is 1.93 bits per heavy atom. The van der Waals surface area contributed by atoms with Gasteiger partial charge in [0.25, 0.3) is 0 Å². The van der Waals surface area contributed by atoms with Crippen LogP contribution in [-0.2, 0) is 22.4 Å². The van der Waals surface area contributed by atoms with Gasteiger partial charge in [-0.05, 0) is 86.0 Å². The van der Waals surface area contributed by atoms with Crippen LogP contribution < -0.4 is 5.73 Å². The fourth-order valence-corrected chi connectivity index (χ4v) is 9.33. The van der Waals surface area contributed by atoms with Gasteiger partial charge in [0.15, 0.2) is 0 Å². The Morgan fingerprint density at radius 3 is 2.66 bits per heavy atom. The van der Waals surface area contributed by atoms with Gasteiger partial charge in [0.2, 0.25) is 0 Å². The molecule has 2 N–H and O–H groups in total. The molecule has 1 aromatic rings. The molecule has 5 heteroatoms. The molecule has 156 valence electrons. The van der Waals surface area contributed by atoms with Gasteiger partial charge in [-0.15, -0.1) is 11.3 Å². The summed E-state index contributed by atoms with van der Waals surface area (Å²) >= 11 is 1.66. The molecule has 1 heterocycles. The van der Waals surface area contributed by atoms with Crippen molar-refractivity contribution in [3.8, 4) is 6.07 Å². The number of nitrogens with two attached hydrogens (primary N) is 1. The Kier molecular flexibility index (Phi) is 4.34. The highest BCUT2D eigenvalue weighted by molar-refractivity contribution is 7.16. The van der Waals surface area contributed by atoms with E-state index in [-0.39, 0.29) is 17.5 Å². The summed E-state index contributed by atoms with van der Waals surface area (Å²) in [5, 5.41) is 10.3. The predicted octanol–water partition coefficient (Wildman–Crippen LogP) is 5.09. The molecule has 7 atom stereocenters. The van der Waals surface area contributed by atoms with Gasteiger partial charge in [0.1, 0.15) is 17.2 Å². The number of carbonyl (C=O) groups excluding carboxylic acids is 1. The van der Waals surface area contributed by atoms with Crippen molar-refractivity contribution in [1.29, 1.82) is 5.26 Å². The highest BCUT2D eigenvalue weighted by Crippen LogP contribution is 2.66. The summed E-state index contributed by atoms with van der Waals surface area (Å²) in [7, 11) is 0. The van der Waals surface area contributed by atoms with Crippen molar-refractivity contribution in [2.45, 2.75) is 78.2 Å². The summed E-state index contributed by atoms with van der Waals surface area (Å²) < 4.78 is 5.79. The van der Waals surface area contributed by atoms with Crippen LogP contribution in [0.1, 0.15) is 75.3 Å². The van der Waals surface area contributed by atoms with Crippen LogP contribution in [0.15, 0.2) is 0 Å². The van der Waals surface area contributed by atoms with E-state index in [9.17, 15) is 10.1 Å². The number of nitrogens with zero attached hydrogens (tertiary/aromatic N) is 1. The lowest BCUT2D eigenvalue weighted by atomic mass is 9.45. The van der Waals surface area contributed by atoms with Crippen molar-refractivity contribution in [2.75, 3.05) is 5.73 Å². The fourth-order valence-electron chi connectivity index (χ4n) is 8.10. The van der Waals surface area contributed by atoms with Crippen molar-refractivity contribution < 1.29 is 9.53 Å². The van der Waals surface area contributed by atoms with Crippen molar-refractivity contribution in [1.82, 2.24) is 0 Å². The molecule has 4 aliphatic rings. The first kappa shape index (κ1) is 19.4. The van der Waals surface area contributed by atoms with E-state index in [1.54, 1.807) is 18.3 Å². The van der Waals surface area contributed by atoms with Gasteiger partial charge in [-0.25, -0.2) is 0 Å². The Bertz CT molecular complexity index is 901. The Hall–Kier alpha value is -1.54. The number of esters is 1. The molecular weight excluding hydrogens is 380 g/mol. The molecule has 1 aromatic heterocycles. The minimum absolute atomic E-state index is 0.102. The third kappa shape index (κ3) is 2.64. The third-order valence-electron chi connectivity index (χ3n) is 9.51. The Morgan fingerprint density at radius 1 is 1.17 bits per heavy atom. The smallest absolute Gasteiger partial charge is 0.302 e. The first-order valence-corrected chi connectivity index (χ1v) is 12.1. The van der Waals surface area contributed by atoms with E-state index in [0.29, 0.717) is 22.3 Å². The second kappa shape index (κ2) is 6.48. The van der Waals surface area contributed by atoms with Crippen LogP contribution in [0.2, 0.25) is 0 Å². The molecule has 0 bridgehead atoms. The maximum absolute atomic E-state index is 11.7. The summed E-state index contributed by atoms with van der Waals surface area (Å²) in [6.07, 6.45) is 9.39. The number of ether oxygens (including phenoxy) is 1.